The van der Waals surface area contributed by atoms with Gasteiger partial charge in [0.2, 0.25) is 0 Å². The van der Waals surface area contributed by atoms with Crippen molar-refractivity contribution in [1.29, 1.82) is 0 Å². The van der Waals surface area contributed by atoms with Crippen LogP contribution in [0.3, 0.4) is 0 Å². The van der Waals surface area contributed by atoms with Crippen molar-refractivity contribution >= 4 is 27.0 Å². The fourth-order valence-corrected chi connectivity index (χ4v) is 4.41. The molecule has 0 unspecified atom stereocenters. The number of sulfonamides is 1. The van der Waals surface area contributed by atoms with Crippen molar-refractivity contribution in [3.63, 3.8) is 0 Å². The lowest BCUT2D eigenvalue weighted by molar-refractivity contribution is 0.603. The number of nitrogens with zero attached hydrogens (tertiary/aromatic N) is 3. The maximum atomic E-state index is 12.5. The van der Waals surface area contributed by atoms with Gasteiger partial charge in [-0.05, 0) is 31.2 Å². The lowest BCUT2D eigenvalue weighted by atomic mass is 10.2. The van der Waals surface area contributed by atoms with Gasteiger partial charge in [-0.25, -0.2) is 8.42 Å². The molecule has 1 N–H and O–H groups in total. The Labute approximate surface area is 132 Å². The molecule has 0 aliphatic heterocycles. The highest BCUT2D eigenvalue weighted by Crippen LogP contribution is 2.29. The van der Waals surface area contributed by atoms with Crippen molar-refractivity contribution in [2.45, 2.75) is 11.1 Å². The third-order valence-electron chi connectivity index (χ3n) is 3.10. The fraction of sp³-hybridized carbons (Fsp3) is 0.143. The Hall–Kier alpha value is -2.19. The first-order chi connectivity index (χ1) is 10.5. The minimum Gasteiger partial charge on any atom is -0.317 e. The van der Waals surface area contributed by atoms with E-state index in [-0.39, 0.29) is 4.21 Å². The molecule has 0 bridgehead atoms. The number of hydrogen-bond acceptors (Lipinski definition) is 5. The van der Waals surface area contributed by atoms with Gasteiger partial charge in [0.1, 0.15) is 10.5 Å². The average Bonchev–Trinajstić information content (AvgIpc) is 3.08. The summed E-state index contributed by atoms with van der Waals surface area (Å²) >= 11 is 1.24. The molecule has 0 amide bonds. The predicted octanol–water partition coefficient (Wildman–Crippen LogP) is 2.65. The van der Waals surface area contributed by atoms with E-state index in [4.69, 9.17) is 0 Å². The molecule has 3 rings (SSSR count). The standard InChI is InChI=1S/C14H14N4O2S2/c1-10-7-8-13(21-10)22(19,20)17-12-6-4-3-5-11(12)14-16-15-9-18(14)2/h3-9,17H,1-2H3. The molecule has 0 saturated carbocycles. The van der Waals surface area contributed by atoms with Gasteiger partial charge in [0.05, 0.1) is 5.69 Å². The molecule has 6 nitrogen and oxygen atoms in total. The van der Waals surface area contributed by atoms with Crippen molar-refractivity contribution < 1.29 is 8.42 Å². The molecule has 8 heteroatoms. The summed E-state index contributed by atoms with van der Waals surface area (Å²) in [4.78, 5) is 0.946. The maximum absolute atomic E-state index is 12.5. The van der Waals surface area contributed by atoms with Crippen LogP contribution in [0, 0.1) is 6.92 Å². The van der Waals surface area contributed by atoms with Gasteiger partial charge in [0, 0.05) is 17.5 Å². The van der Waals surface area contributed by atoms with E-state index in [9.17, 15) is 8.42 Å². The van der Waals surface area contributed by atoms with Gasteiger partial charge in [-0.15, -0.1) is 21.5 Å². The lowest BCUT2D eigenvalue weighted by Crippen LogP contribution is -2.12. The van der Waals surface area contributed by atoms with Crippen LogP contribution in [0.2, 0.25) is 0 Å². The second-order valence-corrected chi connectivity index (χ2v) is 7.98. The first-order valence-electron chi connectivity index (χ1n) is 6.50. The highest BCUT2D eigenvalue weighted by molar-refractivity contribution is 7.94. The molecular formula is C14H14N4O2S2. The predicted molar refractivity (Wildman–Crippen MR) is 86.3 cm³/mol. The number of anilines is 1. The van der Waals surface area contributed by atoms with Crippen LogP contribution in [-0.4, -0.2) is 23.2 Å². The van der Waals surface area contributed by atoms with Crippen molar-refractivity contribution in [3.05, 3.63) is 47.6 Å². The number of aryl methyl sites for hydroxylation is 2. The summed E-state index contributed by atoms with van der Waals surface area (Å²) in [6, 6.07) is 10.5. The lowest BCUT2D eigenvalue weighted by Gasteiger charge is -2.11. The Bertz CT molecular complexity index is 912. The fourth-order valence-electron chi connectivity index (χ4n) is 2.05. The maximum Gasteiger partial charge on any atom is 0.271 e. The second kappa shape index (κ2) is 5.54. The number of hydrogen-bond donors (Lipinski definition) is 1. The van der Waals surface area contributed by atoms with Crippen molar-refractivity contribution in [2.24, 2.45) is 7.05 Å². The molecule has 0 aliphatic rings. The first kappa shape index (κ1) is 14.7. The van der Waals surface area contributed by atoms with Crippen molar-refractivity contribution in [3.8, 4) is 11.4 Å². The van der Waals surface area contributed by atoms with Crippen LogP contribution in [0.4, 0.5) is 5.69 Å². The molecule has 0 aliphatic carbocycles. The van der Waals surface area contributed by atoms with Crippen LogP contribution >= 0.6 is 11.3 Å². The van der Waals surface area contributed by atoms with Crippen molar-refractivity contribution in [2.75, 3.05) is 4.72 Å². The third-order valence-corrected chi connectivity index (χ3v) is 5.96. The zero-order valence-corrected chi connectivity index (χ0v) is 13.6. The Morgan fingerprint density at radius 1 is 1.18 bits per heavy atom. The van der Waals surface area contributed by atoms with E-state index in [1.807, 2.05) is 26.1 Å². The van der Waals surface area contributed by atoms with Gasteiger partial charge in [-0.1, -0.05) is 12.1 Å². The van der Waals surface area contributed by atoms with E-state index in [0.29, 0.717) is 17.1 Å². The Balaban J connectivity index is 2.02. The Morgan fingerprint density at radius 2 is 1.95 bits per heavy atom. The van der Waals surface area contributed by atoms with E-state index >= 15 is 0 Å². The highest BCUT2D eigenvalue weighted by atomic mass is 32.2. The van der Waals surface area contributed by atoms with Gasteiger partial charge >= 0.3 is 0 Å². The number of rotatable bonds is 4. The average molecular weight is 334 g/mol. The van der Waals surface area contributed by atoms with Crippen LogP contribution in [0.5, 0.6) is 0 Å². The van der Waals surface area contributed by atoms with Crippen LogP contribution in [0.1, 0.15) is 4.88 Å². The SMILES string of the molecule is Cc1ccc(S(=O)(=O)Nc2ccccc2-c2nncn2C)s1. The molecule has 0 atom stereocenters. The van der Waals surface area contributed by atoms with E-state index < -0.39 is 10.0 Å². The van der Waals surface area contributed by atoms with Gasteiger partial charge in [-0.2, -0.15) is 0 Å². The summed E-state index contributed by atoms with van der Waals surface area (Å²) < 4.78 is 29.6. The van der Waals surface area contributed by atoms with E-state index in [2.05, 4.69) is 14.9 Å². The minimum atomic E-state index is -3.61. The molecule has 1 aromatic carbocycles. The van der Waals surface area contributed by atoms with Gasteiger partial charge < -0.3 is 4.57 Å². The topological polar surface area (TPSA) is 76.9 Å². The summed E-state index contributed by atoms with van der Waals surface area (Å²) in [5.41, 5.74) is 1.16. The van der Waals surface area contributed by atoms with E-state index in [0.717, 1.165) is 4.88 Å². The van der Waals surface area contributed by atoms with Crippen LogP contribution in [0.15, 0.2) is 46.9 Å². The summed E-state index contributed by atoms with van der Waals surface area (Å²) in [6.07, 6.45) is 1.57. The van der Waals surface area contributed by atoms with Gasteiger partial charge in [-0.3, -0.25) is 4.72 Å². The van der Waals surface area contributed by atoms with E-state index in [1.54, 1.807) is 35.2 Å². The van der Waals surface area contributed by atoms with Crippen LogP contribution in [0.25, 0.3) is 11.4 Å². The number of nitrogens with one attached hydrogen (secondary N) is 1. The zero-order valence-electron chi connectivity index (χ0n) is 12.0. The molecule has 2 aromatic heterocycles. The van der Waals surface area contributed by atoms with Gasteiger partial charge in [0.25, 0.3) is 10.0 Å². The zero-order chi connectivity index (χ0) is 15.7. The van der Waals surface area contributed by atoms with Crippen LogP contribution in [-0.2, 0) is 17.1 Å². The Morgan fingerprint density at radius 3 is 2.59 bits per heavy atom. The molecule has 22 heavy (non-hydrogen) atoms. The summed E-state index contributed by atoms with van der Waals surface area (Å²) in [5, 5.41) is 7.87. The molecule has 114 valence electrons. The molecule has 0 saturated heterocycles. The normalized spacial score (nSPS) is 11.5. The third kappa shape index (κ3) is 2.75. The number of benzene rings is 1. The molecule has 3 aromatic rings. The van der Waals surface area contributed by atoms with Crippen LogP contribution < -0.4 is 4.72 Å². The van der Waals surface area contributed by atoms with Crippen molar-refractivity contribution in [1.82, 2.24) is 14.8 Å². The summed E-state index contributed by atoms with van der Waals surface area (Å²) in [6.45, 7) is 1.87. The molecule has 0 spiro atoms. The summed E-state index contributed by atoms with van der Waals surface area (Å²) in [7, 11) is -1.80. The summed E-state index contributed by atoms with van der Waals surface area (Å²) in [5.74, 6) is 0.598. The quantitative estimate of drug-likeness (QED) is 0.796. The molecular weight excluding hydrogens is 320 g/mol. The smallest absolute Gasteiger partial charge is 0.271 e. The Kier molecular flexibility index (Phi) is 3.71. The number of aromatic nitrogens is 3. The number of thiophene rings is 1. The largest absolute Gasteiger partial charge is 0.317 e. The molecule has 0 radical (unpaired) electrons. The van der Waals surface area contributed by atoms with Gasteiger partial charge in [0.15, 0.2) is 5.82 Å². The highest BCUT2D eigenvalue weighted by Gasteiger charge is 2.19. The molecule has 2 heterocycles. The monoisotopic (exact) mass is 334 g/mol. The first-order valence-corrected chi connectivity index (χ1v) is 8.80. The second-order valence-electron chi connectivity index (χ2n) is 4.78. The van der Waals surface area contributed by atoms with E-state index in [1.165, 1.54) is 11.3 Å². The number of para-hydroxylation sites is 1. The minimum absolute atomic E-state index is 0.290. The molecule has 0 fully saturated rings.